The van der Waals surface area contributed by atoms with E-state index in [9.17, 15) is 69.0 Å². The summed E-state index contributed by atoms with van der Waals surface area (Å²) in [6, 6.07) is 0. The number of aliphatic hydroxyl groups excluding tert-OH is 2. The van der Waals surface area contributed by atoms with Crippen LogP contribution in [0, 0.1) is 57.2 Å². The summed E-state index contributed by atoms with van der Waals surface area (Å²) in [6.07, 6.45) is 10.7. The molecule has 0 amide bonds. The number of carbonyl (C=O) groups excluding carboxylic acids is 8. The van der Waals surface area contributed by atoms with Crippen LogP contribution in [0.1, 0.15) is 130 Å². The van der Waals surface area contributed by atoms with Crippen molar-refractivity contribution in [3.8, 4) is 0 Å². The fraction of sp³-hybridized carbons (Fsp3) is 0.739. The minimum atomic E-state index is -1.60. The number of hydrogen-bond donors (Lipinski definition) is 4. The predicted molar refractivity (Wildman–Crippen MR) is 208 cm³/mol. The van der Waals surface area contributed by atoms with Gasteiger partial charge in [0.25, 0.3) is 0 Å². The molecule has 6 fully saturated rings. The minimum absolute atomic E-state index is 0. The molecule has 330 valence electrons. The van der Waals surface area contributed by atoms with Gasteiger partial charge in [0.05, 0.1) is 0 Å². The van der Waals surface area contributed by atoms with Crippen molar-refractivity contribution in [1.82, 2.24) is 0 Å². The third-order valence-corrected chi connectivity index (χ3v) is 17.4. The molecule has 0 saturated heterocycles. The van der Waals surface area contributed by atoms with E-state index in [1.807, 2.05) is 13.8 Å². The van der Waals surface area contributed by atoms with Gasteiger partial charge >= 0.3 is 59.1 Å². The van der Waals surface area contributed by atoms with E-state index in [4.69, 9.17) is 0 Å². The molecule has 0 bridgehead atoms. The van der Waals surface area contributed by atoms with Crippen LogP contribution in [-0.2, 0) is 38.4 Å². The third-order valence-electron chi connectivity index (χ3n) is 17.4. The molecule has 14 nitrogen and oxygen atoms in total. The van der Waals surface area contributed by atoms with E-state index in [1.165, 1.54) is 0 Å². The largest absolute Gasteiger partial charge is 1.00 e. The number of carboxylic acid groups (broad SMARTS) is 2. The Labute approximate surface area is 407 Å². The Hall–Kier alpha value is -1.72. The molecule has 0 aromatic rings. The zero-order valence-electron chi connectivity index (χ0n) is 37.2. The van der Waals surface area contributed by atoms with Crippen LogP contribution in [0.15, 0.2) is 23.3 Å². The van der Waals surface area contributed by atoms with Gasteiger partial charge in [-0.2, -0.15) is 0 Å². The predicted octanol–water partition coefficient (Wildman–Crippen LogP) is -4.75. The summed E-state index contributed by atoms with van der Waals surface area (Å²) in [4.78, 5) is 94.1. The SMILES string of the molecule is C[C@]12CCC(=O)C=C1CCC1C2C(=O)C[C@@]2(C)C1CC[C@]2(O)C(=O)CO.C[C@]12CCC(=O)C=C1CC[C@@H]1C3CC[C@](O)(C(=O)CO)[C@@]3(C)CC(=O)[C@H]12.O=C([O-])CCC(=O)[O-].[Na+].[Na+]. The van der Waals surface area contributed by atoms with Crippen LogP contribution in [0.2, 0.25) is 0 Å². The van der Waals surface area contributed by atoms with E-state index in [0.717, 1.165) is 36.8 Å². The fourth-order valence-corrected chi connectivity index (χ4v) is 14.2. The molecule has 4 unspecified atom stereocenters. The number of carbonyl (C=O) groups is 8. The maximum atomic E-state index is 13.3. The van der Waals surface area contributed by atoms with Gasteiger partial charge in [0, 0.05) is 60.3 Å². The summed E-state index contributed by atoms with van der Waals surface area (Å²) in [7, 11) is 0. The molecule has 0 spiro atoms. The summed E-state index contributed by atoms with van der Waals surface area (Å²) >= 11 is 0. The number of carboxylic acids is 2. The van der Waals surface area contributed by atoms with Crippen molar-refractivity contribution in [3.05, 3.63) is 23.3 Å². The second-order valence-electron chi connectivity index (χ2n) is 20.0. The molecular formula is C46H60Na2O14. The van der Waals surface area contributed by atoms with E-state index in [2.05, 4.69) is 13.8 Å². The number of Topliss-reactive ketones (excluding diaryl/α,β-unsaturated/α-hetero) is 4. The Kier molecular flexibility index (Phi) is 16.4. The van der Waals surface area contributed by atoms with Gasteiger partial charge in [0.1, 0.15) is 36.0 Å². The number of ketones is 6. The molecule has 6 saturated carbocycles. The topological polar surface area (TPSA) is 264 Å². The Morgan fingerprint density at radius 3 is 1.23 bits per heavy atom. The molecule has 0 heterocycles. The summed E-state index contributed by atoms with van der Waals surface area (Å²) in [5, 5.41) is 60.0. The smallest absolute Gasteiger partial charge is 0.550 e. The number of rotatable bonds is 7. The number of aliphatic hydroxyl groups is 4. The number of allylic oxidation sites excluding steroid dienone is 2. The van der Waals surface area contributed by atoms with Crippen molar-refractivity contribution < 1.29 is 128 Å². The first-order valence-corrected chi connectivity index (χ1v) is 21.6. The van der Waals surface area contributed by atoms with Crippen molar-refractivity contribution in [2.24, 2.45) is 57.2 Å². The van der Waals surface area contributed by atoms with Crippen molar-refractivity contribution in [1.29, 1.82) is 0 Å². The third kappa shape index (κ3) is 8.58. The van der Waals surface area contributed by atoms with Crippen LogP contribution < -0.4 is 69.3 Å². The number of hydrogen-bond acceptors (Lipinski definition) is 14. The van der Waals surface area contributed by atoms with Crippen molar-refractivity contribution in [2.75, 3.05) is 13.2 Å². The normalized spacial score (nSPS) is 41.1. The van der Waals surface area contributed by atoms with Gasteiger partial charge in [-0.1, -0.05) is 38.8 Å². The number of fused-ring (bicyclic) bond motifs is 10. The molecule has 8 rings (SSSR count). The monoisotopic (exact) mass is 882 g/mol. The van der Waals surface area contributed by atoms with E-state index < -0.39 is 71.6 Å². The number of aliphatic carboxylic acids is 2. The van der Waals surface area contributed by atoms with Gasteiger partial charge in [-0.15, -0.1) is 0 Å². The van der Waals surface area contributed by atoms with Gasteiger partial charge in [0.15, 0.2) is 23.1 Å². The van der Waals surface area contributed by atoms with Crippen LogP contribution in [0.4, 0.5) is 0 Å². The molecule has 0 aliphatic heterocycles. The van der Waals surface area contributed by atoms with E-state index >= 15 is 0 Å². The second kappa shape index (κ2) is 19.2. The summed E-state index contributed by atoms with van der Waals surface area (Å²) in [5.74, 6) is -3.08. The van der Waals surface area contributed by atoms with Crippen LogP contribution in [0.3, 0.4) is 0 Å². The van der Waals surface area contributed by atoms with Crippen LogP contribution in [-0.4, -0.2) is 91.5 Å². The maximum Gasteiger partial charge on any atom is 1.00 e. The summed E-state index contributed by atoms with van der Waals surface area (Å²) in [6.45, 7) is 6.61. The summed E-state index contributed by atoms with van der Waals surface area (Å²) in [5.41, 5.74) is -3.11. The first-order chi connectivity index (χ1) is 28.0. The minimum Gasteiger partial charge on any atom is -0.550 e. The molecule has 0 aromatic heterocycles. The molecule has 0 radical (unpaired) electrons. The van der Waals surface area contributed by atoms with E-state index in [1.54, 1.807) is 12.2 Å². The molecule has 4 N–H and O–H groups in total. The Morgan fingerprint density at radius 1 is 0.581 bits per heavy atom. The van der Waals surface area contributed by atoms with Crippen molar-refractivity contribution in [3.63, 3.8) is 0 Å². The Balaban J connectivity index is 0.000000226. The van der Waals surface area contributed by atoms with Gasteiger partial charge < -0.3 is 40.2 Å². The van der Waals surface area contributed by atoms with Gasteiger partial charge in [-0.3, -0.25) is 28.8 Å². The van der Waals surface area contributed by atoms with Gasteiger partial charge in [0.2, 0.25) is 0 Å². The fourth-order valence-electron chi connectivity index (χ4n) is 14.2. The van der Waals surface area contributed by atoms with E-state index in [0.29, 0.717) is 51.4 Å². The molecule has 62 heavy (non-hydrogen) atoms. The molecule has 12 atom stereocenters. The Bertz CT molecular complexity index is 1810. The van der Waals surface area contributed by atoms with Crippen LogP contribution in [0.25, 0.3) is 0 Å². The molecule has 8 aliphatic rings. The first-order valence-electron chi connectivity index (χ1n) is 21.6. The molecule has 8 aliphatic carbocycles. The molecular weight excluding hydrogens is 822 g/mol. The Morgan fingerprint density at radius 2 is 0.919 bits per heavy atom. The van der Waals surface area contributed by atoms with Crippen molar-refractivity contribution >= 4 is 46.6 Å². The van der Waals surface area contributed by atoms with Gasteiger partial charge in [-0.25, -0.2) is 0 Å². The zero-order chi connectivity index (χ0) is 44.4. The zero-order valence-corrected chi connectivity index (χ0v) is 41.2. The average Bonchev–Trinajstić information content (AvgIpc) is 3.62. The first kappa shape index (κ1) is 52.9. The average molecular weight is 883 g/mol. The maximum absolute atomic E-state index is 13.3. The molecule has 0 aromatic carbocycles. The van der Waals surface area contributed by atoms with Gasteiger partial charge in [-0.05, 0) is 124 Å². The summed E-state index contributed by atoms with van der Waals surface area (Å²) < 4.78 is 0. The van der Waals surface area contributed by atoms with Crippen molar-refractivity contribution in [2.45, 2.75) is 142 Å². The second-order valence-corrected chi connectivity index (χ2v) is 20.0. The standard InChI is InChI=1S/2C21H28O5.C4H6O4.2Na/c2*1-19-7-5-13(23)9-12(19)3-4-14-15-6-8-21(26,17(25)11-22)20(15,2)10-16(24)18(14)19;5-3(6)1-2-4(7)8;;/h2*9,14-15,18,22,26H,3-8,10-11H2,1-2H3;1-2H2,(H,5,6)(H,7,8);;/q;;;2*+1/p-2/t14?,15?,18?,19-,20-,21-;14-,15?,18+,19+,20+,21+;;;/m01.../s1. The van der Waals surface area contributed by atoms with Crippen LogP contribution in [0.5, 0.6) is 0 Å². The molecule has 16 heteroatoms. The van der Waals surface area contributed by atoms with E-state index in [-0.39, 0.29) is 141 Å². The quantitative estimate of drug-likeness (QED) is 0.175. The van der Waals surface area contributed by atoms with Crippen LogP contribution >= 0.6 is 0 Å².